The summed E-state index contributed by atoms with van der Waals surface area (Å²) in [5.74, 6) is 0.0793. The van der Waals surface area contributed by atoms with Gasteiger partial charge in [0.05, 0.1) is 16.8 Å². The third-order valence-electron chi connectivity index (χ3n) is 4.94. The maximum Gasteiger partial charge on any atom is 0.416 e. The quantitative estimate of drug-likeness (QED) is 0.544. The zero-order chi connectivity index (χ0) is 25.9. The molecular formula is C24H34F3N5O2. The van der Waals surface area contributed by atoms with E-state index in [9.17, 15) is 22.8 Å². The fourth-order valence-corrected chi connectivity index (χ4v) is 3.20. The maximum atomic E-state index is 13.0. The number of carbonyl (C=O) groups excluding carboxylic acids is 2. The van der Waals surface area contributed by atoms with Gasteiger partial charge in [-0.3, -0.25) is 4.79 Å². The first kappa shape index (κ1) is 27.2. The van der Waals surface area contributed by atoms with Crippen molar-refractivity contribution >= 4 is 23.4 Å². The van der Waals surface area contributed by atoms with Gasteiger partial charge in [0, 0.05) is 23.7 Å². The minimum Gasteiger partial charge on any atom is -0.315 e. The van der Waals surface area contributed by atoms with Crippen molar-refractivity contribution in [3.05, 3.63) is 41.6 Å². The second kappa shape index (κ2) is 10.1. The summed E-state index contributed by atoms with van der Waals surface area (Å²) in [6.07, 6.45) is -3.96. The zero-order valence-corrected chi connectivity index (χ0v) is 20.8. The molecule has 7 nitrogen and oxygen atoms in total. The van der Waals surface area contributed by atoms with Crippen LogP contribution in [0.5, 0.6) is 0 Å². The van der Waals surface area contributed by atoms with Crippen LogP contribution in [0.1, 0.15) is 66.1 Å². The van der Waals surface area contributed by atoms with Crippen LogP contribution in [0, 0.1) is 0 Å². The lowest BCUT2D eigenvalue weighted by molar-refractivity contribution is -0.137. The number of nitrogens with one attached hydrogen (secondary N) is 2. The molecule has 0 spiro atoms. The molecule has 2 N–H and O–H groups in total. The molecular weight excluding hydrogens is 447 g/mol. The molecule has 188 valence electrons. The number of alkyl halides is 3. The Morgan fingerprint density at radius 3 is 2.21 bits per heavy atom. The number of urea groups is 1. The SMILES string of the molecule is CCCN(CC(=O)Nc1cc(C(C)(C)C)nn1C(C)(C)C)C(=O)Nc1cccc(C(F)(F)F)c1. The highest BCUT2D eigenvalue weighted by Crippen LogP contribution is 2.31. The van der Waals surface area contributed by atoms with Crippen molar-refractivity contribution in [1.29, 1.82) is 0 Å². The van der Waals surface area contributed by atoms with Gasteiger partial charge in [0.2, 0.25) is 5.91 Å². The van der Waals surface area contributed by atoms with E-state index in [0.29, 0.717) is 12.2 Å². The second-order valence-corrected chi connectivity index (χ2v) is 10.2. The van der Waals surface area contributed by atoms with Crippen LogP contribution in [-0.4, -0.2) is 39.7 Å². The minimum absolute atomic E-state index is 0.00182. The number of carbonyl (C=O) groups is 2. The maximum absolute atomic E-state index is 13.0. The number of nitrogens with zero attached hydrogens (tertiary/aromatic N) is 3. The van der Waals surface area contributed by atoms with Crippen LogP contribution in [0.3, 0.4) is 0 Å². The Kier molecular flexibility index (Phi) is 8.06. The molecule has 0 aliphatic carbocycles. The van der Waals surface area contributed by atoms with E-state index in [1.807, 2.05) is 54.5 Å². The van der Waals surface area contributed by atoms with E-state index in [1.165, 1.54) is 17.0 Å². The summed E-state index contributed by atoms with van der Waals surface area (Å²) in [6, 6.07) is 5.53. The van der Waals surface area contributed by atoms with Crippen molar-refractivity contribution in [2.45, 2.75) is 72.0 Å². The van der Waals surface area contributed by atoms with Gasteiger partial charge >= 0.3 is 12.2 Å². The number of amides is 3. The molecule has 34 heavy (non-hydrogen) atoms. The van der Waals surface area contributed by atoms with Gasteiger partial charge in [-0.2, -0.15) is 18.3 Å². The molecule has 0 aliphatic rings. The summed E-state index contributed by atoms with van der Waals surface area (Å²) in [5, 5.41) is 9.95. The highest BCUT2D eigenvalue weighted by atomic mass is 19.4. The van der Waals surface area contributed by atoms with Gasteiger partial charge in [-0.1, -0.05) is 33.8 Å². The molecule has 0 atom stereocenters. The molecule has 10 heteroatoms. The van der Waals surface area contributed by atoms with E-state index >= 15 is 0 Å². The summed E-state index contributed by atoms with van der Waals surface area (Å²) in [4.78, 5) is 26.9. The fourth-order valence-electron chi connectivity index (χ4n) is 3.20. The highest BCUT2D eigenvalue weighted by molar-refractivity contribution is 5.96. The first-order valence-electron chi connectivity index (χ1n) is 11.2. The number of halogens is 3. The van der Waals surface area contributed by atoms with E-state index in [0.717, 1.165) is 17.8 Å². The van der Waals surface area contributed by atoms with Gasteiger partial charge in [0.15, 0.2) is 0 Å². The predicted octanol–water partition coefficient (Wildman–Crippen LogP) is 5.84. The van der Waals surface area contributed by atoms with Crippen molar-refractivity contribution in [2.75, 3.05) is 23.7 Å². The van der Waals surface area contributed by atoms with Gasteiger partial charge in [-0.25, -0.2) is 9.48 Å². The van der Waals surface area contributed by atoms with Crippen molar-refractivity contribution in [3.8, 4) is 0 Å². The monoisotopic (exact) mass is 481 g/mol. The topological polar surface area (TPSA) is 79.3 Å². The Bertz CT molecular complexity index is 1020. The summed E-state index contributed by atoms with van der Waals surface area (Å²) in [5.41, 5.74) is -0.673. The molecule has 0 saturated heterocycles. The highest BCUT2D eigenvalue weighted by Gasteiger charge is 2.31. The first-order chi connectivity index (χ1) is 15.5. The van der Waals surface area contributed by atoms with E-state index in [-0.39, 0.29) is 24.2 Å². The van der Waals surface area contributed by atoms with Gasteiger partial charge < -0.3 is 15.5 Å². The number of benzene rings is 1. The van der Waals surface area contributed by atoms with Gasteiger partial charge in [-0.05, 0) is 45.4 Å². The Morgan fingerprint density at radius 2 is 1.68 bits per heavy atom. The predicted molar refractivity (Wildman–Crippen MR) is 127 cm³/mol. The Morgan fingerprint density at radius 1 is 1.03 bits per heavy atom. The van der Waals surface area contributed by atoms with Gasteiger partial charge in [-0.15, -0.1) is 0 Å². The van der Waals surface area contributed by atoms with Gasteiger partial charge in [0.25, 0.3) is 0 Å². The molecule has 1 aromatic heterocycles. The largest absolute Gasteiger partial charge is 0.416 e. The number of hydrogen-bond acceptors (Lipinski definition) is 3. The van der Waals surface area contributed by atoms with E-state index in [4.69, 9.17) is 0 Å². The van der Waals surface area contributed by atoms with E-state index < -0.39 is 29.2 Å². The number of anilines is 2. The minimum atomic E-state index is -4.52. The Labute approximate surface area is 198 Å². The van der Waals surface area contributed by atoms with Crippen LogP contribution < -0.4 is 10.6 Å². The third-order valence-corrected chi connectivity index (χ3v) is 4.94. The molecule has 0 bridgehead atoms. The van der Waals surface area contributed by atoms with Crippen LogP contribution in [0.15, 0.2) is 30.3 Å². The smallest absolute Gasteiger partial charge is 0.315 e. The van der Waals surface area contributed by atoms with Crippen LogP contribution >= 0.6 is 0 Å². The summed E-state index contributed by atoms with van der Waals surface area (Å²) in [6.45, 7) is 13.8. The fraction of sp³-hybridized carbons (Fsp3) is 0.542. The van der Waals surface area contributed by atoms with Crippen LogP contribution in [0.4, 0.5) is 29.5 Å². The molecule has 0 radical (unpaired) electrons. The third kappa shape index (κ3) is 7.23. The summed E-state index contributed by atoms with van der Waals surface area (Å²) in [7, 11) is 0. The molecule has 2 rings (SSSR count). The molecule has 0 unspecified atom stereocenters. The summed E-state index contributed by atoms with van der Waals surface area (Å²) >= 11 is 0. The van der Waals surface area contributed by atoms with Crippen molar-refractivity contribution in [3.63, 3.8) is 0 Å². The van der Waals surface area contributed by atoms with Crippen LogP contribution in [0.2, 0.25) is 0 Å². The van der Waals surface area contributed by atoms with Crippen molar-refractivity contribution < 1.29 is 22.8 Å². The van der Waals surface area contributed by atoms with Gasteiger partial charge in [0.1, 0.15) is 12.4 Å². The van der Waals surface area contributed by atoms with Crippen LogP contribution in [0.25, 0.3) is 0 Å². The first-order valence-corrected chi connectivity index (χ1v) is 11.2. The van der Waals surface area contributed by atoms with Crippen molar-refractivity contribution in [2.24, 2.45) is 0 Å². The zero-order valence-electron chi connectivity index (χ0n) is 20.8. The normalized spacial score (nSPS) is 12.4. The molecule has 0 fully saturated rings. The number of hydrogen-bond donors (Lipinski definition) is 2. The standard InChI is InChI=1S/C24H34F3N5O2/c1-8-12-31(21(34)28-17-11-9-10-16(13-17)24(25,26)27)15-20(33)29-19-14-18(22(2,3)4)30-32(19)23(5,6)7/h9-11,13-14H,8,12,15H2,1-7H3,(H,28,34)(H,29,33). The number of rotatable bonds is 6. The molecule has 0 saturated carbocycles. The van der Waals surface area contributed by atoms with E-state index in [2.05, 4.69) is 15.7 Å². The lowest BCUT2D eigenvalue weighted by atomic mass is 9.92. The lowest BCUT2D eigenvalue weighted by Gasteiger charge is -2.24. The Hall–Kier alpha value is -3.04. The molecule has 3 amide bonds. The molecule has 1 heterocycles. The average molecular weight is 482 g/mol. The Balaban J connectivity index is 2.18. The molecule has 0 aliphatic heterocycles. The lowest BCUT2D eigenvalue weighted by Crippen LogP contribution is -2.41. The molecule has 2 aromatic rings. The van der Waals surface area contributed by atoms with E-state index in [1.54, 1.807) is 4.68 Å². The summed E-state index contributed by atoms with van der Waals surface area (Å²) < 4.78 is 40.7. The van der Waals surface area contributed by atoms with Crippen molar-refractivity contribution in [1.82, 2.24) is 14.7 Å². The average Bonchev–Trinajstić information content (AvgIpc) is 3.12. The van der Waals surface area contributed by atoms with Crippen LogP contribution in [-0.2, 0) is 21.9 Å². The number of aromatic nitrogens is 2. The molecule has 1 aromatic carbocycles. The second-order valence-electron chi connectivity index (χ2n) is 10.2.